The molecule has 204 valence electrons. The molecule has 0 spiro atoms. The van der Waals surface area contributed by atoms with Crippen LogP contribution in [0.2, 0.25) is 0 Å². The Bertz CT molecular complexity index is 1130. The number of benzene rings is 2. The summed E-state index contributed by atoms with van der Waals surface area (Å²) in [6.07, 6.45) is 2.64. The van der Waals surface area contributed by atoms with E-state index in [1.165, 1.54) is 0 Å². The molecular weight excluding hydrogens is 484 g/mol. The molecule has 4 rings (SSSR count). The van der Waals surface area contributed by atoms with Crippen molar-refractivity contribution in [2.75, 3.05) is 52.6 Å². The van der Waals surface area contributed by atoms with E-state index in [2.05, 4.69) is 11.8 Å². The van der Waals surface area contributed by atoms with E-state index in [-0.39, 0.29) is 11.3 Å². The predicted molar refractivity (Wildman–Crippen MR) is 145 cm³/mol. The first-order chi connectivity index (χ1) is 18.5. The number of rotatable bonds is 12. The minimum absolute atomic E-state index is 0.0923. The number of carbonyl (C=O) groups excluding carboxylic acids is 2. The predicted octanol–water partition coefficient (Wildman–Crippen LogP) is 4.41. The van der Waals surface area contributed by atoms with Gasteiger partial charge in [0.25, 0.3) is 11.7 Å². The maximum atomic E-state index is 13.3. The van der Waals surface area contributed by atoms with Gasteiger partial charge in [-0.15, -0.1) is 0 Å². The van der Waals surface area contributed by atoms with Gasteiger partial charge in [-0.05, 0) is 37.5 Å². The SMILES string of the molecule is CCCCOc1ccc(C2C(=C(O)c3ccccc3)C(=O)C(=O)N2CCCN2CCOCC2)cc1OCC. The number of aliphatic hydroxyl groups excluding tert-OH is 1. The molecule has 38 heavy (non-hydrogen) atoms. The molecule has 2 aromatic carbocycles. The van der Waals surface area contributed by atoms with Crippen LogP contribution in [0.1, 0.15) is 50.3 Å². The number of unbranched alkanes of at least 4 members (excludes halogenated alkanes) is 1. The van der Waals surface area contributed by atoms with Gasteiger partial charge in [0, 0.05) is 31.7 Å². The van der Waals surface area contributed by atoms with Gasteiger partial charge < -0.3 is 24.2 Å². The minimum Gasteiger partial charge on any atom is -0.507 e. The summed E-state index contributed by atoms with van der Waals surface area (Å²) in [5.41, 5.74) is 1.28. The van der Waals surface area contributed by atoms with E-state index >= 15 is 0 Å². The number of aliphatic hydroxyl groups is 1. The van der Waals surface area contributed by atoms with Gasteiger partial charge in [-0.25, -0.2) is 0 Å². The molecule has 2 saturated heterocycles. The first-order valence-electron chi connectivity index (χ1n) is 13.6. The zero-order valence-corrected chi connectivity index (χ0v) is 22.4. The summed E-state index contributed by atoms with van der Waals surface area (Å²) in [5.74, 6) is -0.276. The van der Waals surface area contributed by atoms with Crippen molar-refractivity contribution < 1.29 is 28.9 Å². The highest BCUT2D eigenvalue weighted by Gasteiger charge is 2.46. The Balaban J connectivity index is 1.69. The average molecular weight is 523 g/mol. The molecule has 0 radical (unpaired) electrons. The van der Waals surface area contributed by atoms with Crippen molar-refractivity contribution in [3.63, 3.8) is 0 Å². The van der Waals surface area contributed by atoms with Crippen LogP contribution in [0.4, 0.5) is 0 Å². The topological polar surface area (TPSA) is 88.5 Å². The third kappa shape index (κ3) is 6.37. The Morgan fingerprint density at radius 2 is 1.74 bits per heavy atom. The fourth-order valence-electron chi connectivity index (χ4n) is 4.91. The molecule has 1 unspecified atom stereocenters. The van der Waals surface area contributed by atoms with Crippen LogP contribution in [0.3, 0.4) is 0 Å². The van der Waals surface area contributed by atoms with Crippen molar-refractivity contribution in [2.45, 2.75) is 39.2 Å². The summed E-state index contributed by atoms with van der Waals surface area (Å²) in [6.45, 7) is 9.31. The van der Waals surface area contributed by atoms with Crippen LogP contribution in [-0.4, -0.2) is 79.2 Å². The highest BCUT2D eigenvalue weighted by Crippen LogP contribution is 2.42. The maximum absolute atomic E-state index is 13.3. The van der Waals surface area contributed by atoms with Crippen LogP contribution in [0.15, 0.2) is 54.1 Å². The lowest BCUT2D eigenvalue weighted by atomic mass is 9.95. The average Bonchev–Trinajstić information content (AvgIpc) is 3.20. The number of Topliss-reactive ketones (excluding diaryl/α,β-unsaturated/α-hetero) is 1. The van der Waals surface area contributed by atoms with Gasteiger partial charge in [-0.3, -0.25) is 14.5 Å². The van der Waals surface area contributed by atoms with E-state index in [0.29, 0.717) is 62.0 Å². The summed E-state index contributed by atoms with van der Waals surface area (Å²) in [6, 6.07) is 13.7. The number of ketones is 1. The molecule has 8 heteroatoms. The lowest BCUT2D eigenvalue weighted by Crippen LogP contribution is -2.39. The smallest absolute Gasteiger partial charge is 0.295 e. The zero-order valence-electron chi connectivity index (χ0n) is 22.4. The Kier molecular flexibility index (Phi) is 9.79. The Morgan fingerprint density at radius 3 is 2.45 bits per heavy atom. The van der Waals surface area contributed by atoms with Crippen molar-refractivity contribution in [1.29, 1.82) is 0 Å². The fraction of sp³-hybridized carbons (Fsp3) is 0.467. The van der Waals surface area contributed by atoms with Gasteiger partial charge in [0.2, 0.25) is 0 Å². The molecule has 8 nitrogen and oxygen atoms in total. The Labute approximate surface area is 224 Å². The van der Waals surface area contributed by atoms with Crippen LogP contribution in [0.5, 0.6) is 11.5 Å². The molecule has 2 heterocycles. The lowest BCUT2D eigenvalue weighted by molar-refractivity contribution is -0.140. The molecule has 2 aliphatic heterocycles. The highest BCUT2D eigenvalue weighted by molar-refractivity contribution is 6.46. The molecule has 1 amide bonds. The number of likely N-dealkylation sites (tertiary alicyclic amines) is 1. The monoisotopic (exact) mass is 522 g/mol. The third-order valence-corrected chi connectivity index (χ3v) is 6.90. The van der Waals surface area contributed by atoms with Crippen LogP contribution in [0.25, 0.3) is 5.76 Å². The van der Waals surface area contributed by atoms with E-state index in [9.17, 15) is 14.7 Å². The van der Waals surface area contributed by atoms with Gasteiger partial charge in [0.15, 0.2) is 11.5 Å². The van der Waals surface area contributed by atoms with E-state index in [4.69, 9.17) is 14.2 Å². The van der Waals surface area contributed by atoms with Gasteiger partial charge >= 0.3 is 0 Å². The van der Waals surface area contributed by atoms with E-state index in [1.54, 1.807) is 29.2 Å². The number of hydrogen-bond acceptors (Lipinski definition) is 7. The number of morpholine rings is 1. The molecule has 2 fully saturated rings. The standard InChI is InChI=1S/C30H38N2O6/c1-3-5-18-38-24-13-12-23(21-25(24)37-4-2)27-26(28(33)22-10-7-6-8-11-22)29(34)30(35)32(27)15-9-14-31-16-19-36-20-17-31/h6-8,10-13,21,27,33H,3-5,9,14-20H2,1-2H3. The summed E-state index contributed by atoms with van der Waals surface area (Å²) in [7, 11) is 0. The summed E-state index contributed by atoms with van der Waals surface area (Å²) in [5, 5.41) is 11.3. The summed E-state index contributed by atoms with van der Waals surface area (Å²) in [4.78, 5) is 30.5. The second-order valence-electron chi connectivity index (χ2n) is 9.51. The maximum Gasteiger partial charge on any atom is 0.295 e. The van der Waals surface area contributed by atoms with Gasteiger partial charge in [0.1, 0.15) is 5.76 Å². The van der Waals surface area contributed by atoms with E-state index in [1.807, 2.05) is 31.2 Å². The largest absolute Gasteiger partial charge is 0.507 e. The molecular formula is C30H38N2O6. The normalized spacial score (nSPS) is 19.6. The van der Waals surface area contributed by atoms with Crippen molar-refractivity contribution in [3.8, 4) is 11.5 Å². The van der Waals surface area contributed by atoms with E-state index < -0.39 is 17.7 Å². The van der Waals surface area contributed by atoms with Crippen LogP contribution >= 0.6 is 0 Å². The molecule has 1 atom stereocenters. The van der Waals surface area contributed by atoms with Crippen molar-refractivity contribution >= 4 is 17.4 Å². The number of ether oxygens (including phenoxy) is 3. The zero-order chi connectivity index (χ0) is 26.9. The number of nitrogens with zero attached hydrogens (tertiary/aromatic N) is 2. The second kappa shape index (κ2) is 13.4. The molecule has 0 saturated carbocycles. The van der Waals surface area contributed by atoms with Gasteiger partial charge in [-0.1, -0.05) is 49.7 Å². The summed E-state index contributed by atoms with van der Waals surface area (Å²) >= 11 is 0. The van der Waals surface area contributed by atoms with E-state index in [0.717, 1.165) is 32.5 Å². The lowest BCUT2D eigenvalue weighted by Gasteiger charge is -2.29. The quantitative estimate of drug-likeness (QED) is 0.191. The molecule has 1 N–H and O–H groups in total. The van der Waals surface area contributed by atoms with Gasteiger partial charge in [0.05, 0.1) is 38.0 Å². The number of carbonyl (C=O) groups is 2. The van der Waals surface area contributed by atoms with Crippen LogP contribution in [0, 0.1) is 0 Å². The van der Waals surface area contributed by atoms with Crippen LogP contribution < -0.4 is 9.47 Å². The van der Waals surface area contributed by atoms with Crippen molar-refractivity contribution in [3.05, 3.63) is 65.2 Å². The second-order valence-corrected chi connectivity index (χ2v) is 9.51. The third-order valence-electron chi connectivity index (χ3n) is 6.90. The molecule has 0 aromatic heterocycles. The first kappa shape index (κ1) is 27.7. The Morgan fingerprint density at radius 1 is 0.974 bits per heavy atom. The van der Waals surface area contributed by atoms with Gasteiger partial charge in [-0.2, -0.15) is 0 Å². The highest BCUT2D eigenvalue weighted by atomic mass is 16.5. The number of hydrogen-bond donors (Lipinski definition) is 1. The molecule has 0 bridgehead atoms. The number of amides is 1. The fourth-order valence-corrected chi connectivity index (χ4v) is 4.91. The first-order valence-corrected chi connectivity index (χ1v) is 13.6. The molecule has 2 aliphatic rings. The minimum atomic E-state index is -0.733. The van der Waals surface area contributed by atoms with Crippen molar-refractivity contribution in [1.82, 2.24) is 9.80 Å². The van der Waals surface area contributed by atoms with Crippen LogP contribution in [-0.2, 0) is 14.3 Å². The molecule has 0 aliphatic carbocycles. The Hall–Kier alpha value is -3.36. The molecule has 2 aromatic rings. The van der Waals surface area contributed by atoms with Crippen molar-refractivity contribution in [2.24, 2.45) is 0 Å². The summed E-state index contributed by atoms with van der Waals surface area (Å²) < 4.78 is 17.3.